The van der Waals surface area contributed by atoms with Crippen LogP contribution in [0.4, 0.5) is 0 Å². The summed E-state index contributed by atoms with van der Waals surface area (Å²) in [6, 6.07) is 1.51. The molecule has 0 aromatic heterocycles. The fraction of sp³-hybridized carbons (Fsp3) is 1.00. The largest absolute Gasteiger partial charge is 0.311 e. The van der Waals surface area contributed by atoms with Crippen molar-refractivity contribution in [3.8, 4) is 0 Å². The first kappa shape index (κ1) is 11.4. The van der Waals surface area contributed by atoms with Gasteiger partial charge in [0.05, 0.1) is 0 Å². The average molecular weight is 209 g/mol. The van der Waals surface area contributed by atoms with Gasteiger partial charge in [-0.15, -0.1) is 0 Å². The van der Waals surface area contributed by atoms with Crippen LogP contribution < -0.4 is 5.32 Å². The average Bonchev–Trinajstić information content (AvgIpc) is 3.01. The van der Waals surface area contributed by atoms with E-state index in [1.54, 1.807) is 0 Å². The van der Waals surface area contributed by atoms with Crippen molar-refractivity contribution in [1.82, 2.24) is 5.32 Å². The van der Waals surface area contributed by atoms with Crippen LogP contribution in [0, 0.1) is 17.8 Å². The maximum Gasteiger partial charge on any atom is 0.00723 e. The van der Waals surface area contributed by atoms with Crippen LogP contribution in [0.3, 0.4) is 0 Å². The van der Waals surface area contributed by atoms with Gasteiger partial charge in [-0.05, 0) is 50.4 Å². The summed E-state index contributed by atoms with van der Waals surface area (Å²) < 4.78 is 0. The van der Waals surface area contributed by atoms with Crippen LogP contribution in [0.25, 0.3) is 0 Å². The van der Waals surface area contributed by atoms with Crippen molar-refractivity contribution in [3.63, 3.8) is 0 Å². The molecule has 1 N–H and O–H groups in total. The molecule has 3 atom stereocenters. The van der Waals surface area contributed by atoms with E-state index in [1.165, 1.54) is 38.5 Å². The minimum atomic E-state index is 0.688. The van der Waals surface area contributed by atoms with Crippen molar-refractivity contribution in [3.05, 3.63) is 0 Å². The first-order valence-corrected chi connectivity index (χ1v) is 6.93. The highest BCUT2D eigenvalue weighted by Crippen LogP contribution is 2.43. The maximum absolute atomic E-state index is 3.83. The molecule has 2 aliphatic rings. The monoisotopic (exact) mass is 209 g/mol. The van der Waals surface area contributed by atoms with Gasteiger partial charge in [-0.25, -0.2) is 0 Å². The number of rotatable bonds is 4. The number of hydrogen-bond donors (Lipinski definition) is 1. The van der Waals surface area contributed by atoms with Crippen LogP contribution in [0.15, 0.2) is 0 Å². The van der Waals surface area contributed by atoms with E-state index in [0.717, 1.165) is 23.8 Å². The first-order valence-electron chi connectivity index (χ1n) is 6.93. The molecule has 0 heterocycles. The van der Waals surface area contributed by atoms with Crippen molar-refractivity contribution in [1.29, 1.82) is 0 Å². The summed E-state index contributed by atoms with van der Waals surface area (Å²) in [6.45, 7) is 6.98. The maximum atomic E-state index is 3.83. The lowest BCUT2D eigenvalue weighted by molar-refractivity contribution is 0.236. The third-order valence-electron chi connectivity index (χ3n) is 4.50. The molecule has 0 aliphatic heterocycles. The lowest BCUT2D eigenvalue weighted by Gasteiger charge is -2.33. The molecule has 0 aromatic carbocycles. The molecule has 0 saturated heterocycles. The highest BCUT2D eigenvalue weighted by Gasteiger charge is 2.34. The van der Waals surface area contributed by atoms with E-state index in [-0.39, 0.29) is 0 Å². The molecule has 88 valence electrons. The summed E-state index contributed by atoms with van der Waals surface area (Å²) in [6.07, 6.45) is 8.90. The highest BCUT2D eigenvalue weighted by molar-refractivity contribution is 4.88. The summed E-state index contributed by atoms with van der Waals surface area (Å²) in [5.41, 5.74) is 0. The zero-order chi connectivity index (χ0) is 10.8. The number of nitrogens with one attached hydrogen (secondary N) is 1. The molecule has 0 radical (unpaired) electrons. The molecule has 15 heavy (non-hydrogen) atoms. The molecular weight excluding hydrogens is 182 g/mol. The van der Waals surface area contributed by atoms with Crippen LogP contribution in [0.2, 0.25) is 0 Å². The Labute approximate surface area is 95.0 Å². The van der Waals surface area contributed by atoms with E-state index in [0.29, 0.717) is 6.04 Å². The van der Waals surface area contributed by atoms with E-state index < -0.39 is 0 Å². The molecule has 0 spiro atoms. The topological polar surface area (TPSA) is 12.0 Å². The summed E-state index contributed by atoms with van der Waals surface area (Å²) in [5, 5.41) is 3.83. The Morgan fingerprint density at radius 2 is 1.67 bits per heavy atom. The third-order valence-corrected chi connectivity index (χ3v) is 4.50. The molecule has 2 aliphatic carbocycles. The fourth-order valence-electron chi connectivity index (χ4n) is 2.94. The van der Waals surface area contributed by atoms with Crippen LogP contribution in [-0.4, -0.2) is 12.1 Å². The van der Waals surface area contributed by atoms with Gasteiger partial charge in [0.25, 0.3) is 0 Å². The Balaban J connectivity index is 1.76. The van der Waals surface area contributed by atoms with Crippen molar-refractivity contribution in [2.75, 3.05) is 0 Å². The molecule has 1 nitrogen and oxygen atoms in total. The van der Waals surface area contributed by atoms with Gasteiger partial charge in [0, 0.05) is 12.1 Å². The lowest BCUT2D eigenvalue weighted by atomic mass is 9.82. The minimum Gasteiger partial charge on any atom is -0.311 e. The van der Waals surface area contributed by atoms with Gasteiger partial charge in [0.15, 0.2) is 0 Å². The molecule has 2 saturated carbocycles. The minimum absolute atomic E-state index is 0.688. The standard InChI is InChI=1S/C14H27N/c1-10(2)11(3)15-14-6-4-5-13(9-14)12-7-8-12/h10-15H,4-9H2,1-3H3. The summed E-state index contributed by atoms with van der Waals surface area (Å²) in [5.74, 6) is 2.95. The molecule has 2 fully saturated rings. The van der Waals surface area contributed by atoms with Crippen LogP contribution in [0.5, 0.6) is 0 Å². The van der Waals surface area contributed by atoms with E-state index in [4.69, 9.17) is 0 Å². The first-order chi connectivity index (χ1) is 7.16. The smallest absolute Gasteiger partial charge is 0.00723 e. The Morgan fingerprint density at radius 3 is 2.27 bits per heavy atom. The normalized spacial score (nSPS) is 34.4. The second-order valence-electron chi connectivity index (χ2n) is 6.16. The van der Waals surface area contributed by atoms with E-state index >= 15 is 0 Å². The van der Waals surface area contributed by atoms with Crippen LogP contribution >= 0.6 is 0 Å². The molecule has 0 bridgehead atoms. The molecule has 2 rings (SSSR count). The molecular formula is C14H27N. The quantitative estimate of drug-likeness (QED) is 0.746. The zero-order valence-electron chi connectivity index (χ0n) is 10.6. The predicted octanol–water partition coefficient (Wildman–Crippen LogP) is 3.59. The van der Waals surface area contributed by atoms with Crippen molar-refractivity contribution >= 4 is 0 Å². The second-order valence-corrected chi connectivity index (χ2v) is 6.16. The molecule has 3 unspecified atom stereocenters. The van der Waals surface area contributed by atoms with Gasteiger partial charge in [-0.1, -0.05) is 26.7 Å². The van der Waals surface area contributed by atoms with Gasteiger partial charge in [0.2, 0.25) is 0 Å². The van der Waals surface area contributed by atoms with Crippen molar-refractivity contribution in [2.45, 2.75) is 71.4 Å². The Hall–Kier alpha value is -0.0400. The fourth-order valence-corrected chi connectivity index (χ4v) is 2.94. The molecule has 0 amide bonds. The van der Waals surface area contributed by atoms with E-state index in [1.807, 2.05) is 0 Å². The van der Waals surface area contributed by atoms with Crippen molar-refractivity contribution in [2.24, 2.45) is 17.8 Å². The Kier molecular flexibility index (Phi) is 3.71. The van der Waals surface area contributed by atoms with E-state index in [2.05, 4.69) is 26.1 Å². The third kappa shape index (κ3) is 3.21. The molecule has 0 aromatic rings. The second kappa shape index (κ2) is 4.86. The van der Waals surface area contributed by atoms with E-state index in [9.17, 15) is 0 Å². The van der Waals surface area contributed by atoms with Gasteiger partial charge < -0.3 is 5.32 Å². The number of hydrogen-bond acceptors (Lipinski definition) is 1. The van der Waals surface area contributed by atoms with Gasteiger partial charge in [0.1, 0.15) is 0 Å². The predicted molar refractivity (Wildman–Crippen MR) is 65.9 cm³/mol. The van der Waals surface area contributed by atoms with Crippen LogP contribution in [-0.2, 0) is 0 Å². The lowest BCUT2D eigenvalue weighted by Crippen LogP contribution is -2.42. The van der Waals surface area contributed by atoms with Crippen LogP contribution in [0.1, 0.15) is 59.3 Å². The summed E-state index contributed by atoms with van der Waals surface area (Å²) >= 11 is 0. The Morgan fingerprint density at radius 1 is 0.933 bits per heavy atom. The van der Waals surface area contributed by atoms with Gasteiger partial charge in [-0.3, -0.25) is 0 Å². The SMILES string of the molecule is CC(C)C(C)NC1CCCC(C2CC2)C1. The zero-order valence-corrected chi connectivity index (χ0v) is 10.6. The van der Waals surface area contributed by atoms with Gasteiger partial charge >= 0.3 is 0 Å². The molecule has 1 heteroatoms. The van der Waals surface area contributed by atoms with Gasteiger partial charge in [-0.2, -0.15) is 0 Å². The van der Waals surface area contributed by atoms with Crippen molar-refractivity contribution < 1.29 is 0 Å². The highest BCUT2D eigenvalue weighted by atomic mass is 14.9. The Bertz CT molecular complexity index is 194. The summed E-state index contributed by atoms with van der Waals surface area (Å²) in [4.78, 5) is 0. The summed E-state index contributed by atoms with van der Waals surface area (Å²) in [7, 11) is 0.